The van der Waals surface area contributed by atoms with Gasteiger partial charge in [-0.05, 0) is 12.8 Å². The summed E-state index contributed by atoms with van der Waals surface area (Å²) in [6.07, 6.45) is 4.47. The zero-order chi connectivity index (χ0) is 13.0. The van der Waals surface area contributed by atoms with Crippen LogP contribution in [0, 0.1) is 0 Å². The Morgan fingerprint density at radius 3 is 3.11 bits per heavy atom. The van der Waals surface area contributed by atoms with Crippen LogP contribution in [0.25, 0.3) is 0 Å². The summed E-state index contributed by atoms with van der Waals surface area (Å²) in [5, 5.41) is 6.73. The molecule has 0 saturated heterocycles. The van der Waals surface area contributed by atoms with E-state index in [4.69, 9.17) is 9.26 Å². The summed E-state index contributed by atoms with van der Waals surface area (Å²) in [6.45, 7) is 0.324. The average Bonchev–Trinajstić information content (AvgIpc) is 2.81. The molecule has 1 N–H and O–H groups in total. The van der Waals surface area contributed by atoms with Gasteiger partial charge in [0.2, 0.25) is 0 Å². The van der Waals surface area contributed by atoms with Crippen LogP contribution in [0.1, 0.15) is 41.9 Å². The van der Waals surface area contributed by atoms with E-state index in [1.54, 1.807) is 13.2 Å². The third-order valence-corrected chi connectivity index (χ3v) is 4.17. The summed E-state index contributed by atoms with van der Waals surface area (Å²) in [7, 11) is 1.57. The van der Waals surface area contributed by atoms with E-state index in [1.807, 2.05) is 0 Å². The van der Waals surface area contributed by atoms with E-state index >= 15 is 0 Å². The lowest BCUT2D eigenvalue weighted by Crippen LogP contribution is -2.42. The first-order valence-corrected chi connectivity index (χ1v) is 7.01. The number of rotatable bonds is 4. The third kappa shape index (κ3) is 3.32. The van der Waals surface area contributed by atoms with E-state index in [0.29, 0.717) is 22.9 Å². The lowest BCUT2D eigenvalue weighted by molar-refractivity contribution is 0.0920. The number of carbonyl (C=O) groups is 1. The van der Waals surface area contributed by atoms with Crippen molar-refractivity contribution in [3.8, 4) is 0 Å². The number of hydrogen-bond acceptors (Lipinski definition) is 4. The molecule has 1 saturated carbocycles. The summed E-state index contributed by atoms with van der Waals surface area (Å²) in [5.41, 5.74) is 0.312. The van der Waals surface area contributed by atoms with Gasteiger partial charge in [0.25, 0.3) is 5.91 Å². The molecule has 1 aromatic heterocycles. The minimum Gasteiger partial charge on any atom is -0.377 e. The maximum atomic E-state index is 12.0. The standard InChI is InChI=1S/C12H17BrN2O3/c1-17-7-8-6-11(15-18-8)12(16)14-10-5-3-2-4-9(10)13/h6,9-10H,2-5,7H2,1H3,(H,14,16). The highest BCUT2D eigenvalue weighted by Crippen LogP contribution is 2.24. The Bertz CT molecular complexity index is 408. The topological polar surface area (TPSA) is 64.4 Å². The Hall–Kier alpha value is -0.880. The number of ether oxygens (including phenoxy) is 1. The second-order valence-corrected chi connectivity index (χ2v) is 5.67. The van der Waals surface area contributed by atoms with Crippen molar-refractivity contribution in [1.29, 1.82) is 0 Å². The molecule has 5 nitrogen and oxygen atoms in total. The van der Waals surface area contributed by atoms with Crippen LogP contribution in [0.3, 0.4) is 0 Å². The van der Waals surface area contributed by atoms with Crippen molar-refractivity contribution < 1.29 is 14.1 Å². The maximum Gasteiger partial charge on any atom is 0.273 e. The second kappa shape index (κ2) is 6.33. The van der Waals surface area contributed by atoms with Gasteiger partial charge in [0.1, 0.15) is 6.61 Å². The largest absolute Gasteiger partial charge is 0.377 e. The van der Waals surface area contributed by atoms with E-state index in [1.165, 1.54) is 6.42 Å². The van der Waals surface area contributed by atoms with Crippen LogP contribution in [0.15, 0.2) is 10.6 Å². The fraction of sp³-hybridized carbons (Fsp3) is 0.667. The highest BCUT2D eigenvalue weighted by atomic mass is 79.9. The first-order chi connectivity index (χ1) is 8.70. The van der Waals surface area contributed by atoms with E-state index < -0.39 is 0 Å². The Balaban J connectivity index is 1.93. The molecule has 0 aromatic carbocycles. The molecule has 18 heavy (non-hydrogen) atoms. The number of nitrogens with zero attached hydrogens (tertiary/aromatic N) is 1. The number of aromatic nitrogens is 1. The van der Waals surface area contributed by atoms with E-state index in [2.05, 4.69) is 26.4 Å². The molecule has 1 fully saturated rings. The summed E-state index contributed by atoms with van der Waals surface area (Å²) in [5.74, 6) is 0.374. The number of carbonyl (C=O) groups excluding carboxylic acids is 1. The quantitative estimate of drug-likeness (QED) is 0.865. The van der Waals surface area contributed by atoms with Crippen molar-refractivity contribution in [2.24, 2.45) is 0 Å². The molecule has 0 bridgehead atoms. The SMILES string of the molecule is COCc1cc(C(=O)NC2CCCCC2Br)no1. The van der Waals surface area contributed by atoms with Crippen molar-refractivity contribution in [3.63, 3.8) is 0 Å². The predicted octanol–water partition coefficient (Wildman–Crippen LogP) is 2.26. The van der Waals surface area contributed by atoms with Crippen LogP contribution in [0.5, 0.6) is 0 Å². The monoisotopic (exact) mass is 316 g/mol. The van der Waals surface area contributed by atoms with Gasteiger partial charge in [0.05, 0.1) is 0 Å². The molecule has 2 unspecified atom stereocenters. The van der Waals surface area contributed by atoms with Crippen LogP contribution < -0.4 is 5.32 Å². The molecule has 6 heteroatoms. The van der Waals surface area contributed by atoms with Crippen molar-refractivity contribution >= 4 is 21.8 Å². The second-order valence-electron chi connectivity index (χ2n) is 4.49. The van der Waals surface area contributed by atoms with Crippen LogP contribution in [0.2, 0.25) is 0 Å². The van der Waals surface area contributed by atoms with Gasteiger partial charge in [-0.1, -0.05) is 33.9 Å². The molecule has 1 aromatic rings. The zero-order valence-electron chi connectivity index (χ0n) is 10.3. The molecule has 2 rings (SSSR count). The molecule has 1 amide bonds. The molecular weight excluding hydrogens is 300 g/mol. The first-order valence-electron chi connectivity index (χ1n) is 6.10. The van der Waals surface area contributed by atoms with Gasteiger partial charge >= 0.3 is 0 Å². The normalized spacial score (nSPS) is 23.9. The van der Waals surface area contributed by atoms with Crippen LogP contribution in [-0.2, 0) is 11.3 Å². The molecule has 2 atom stereocenters. The van der Waals surface area contributed by atoms with Gasteiger partial charge in [-0.25, -0.2) is 0 Å². The lowest BCUT2D eigenvalue weighted by Gasteiger charge is -2.27. The number of alkyl halides is 1. The van der Waals surface area contributed by atoms with Crippen molar-refractivity contribution in [3.05, 3.63) is 17.5 Å². The Morgan fingerprint density at radius 1 is 1.61 bits per heavy atom. The number of hydrogen-bond donors (Lipinski definition) is 1. The summed E-state index contributed by atoms with van der Waals surface area (Å²) in [4.78, 5) is 12.3. The molecule has 0 spiro atoms. The summed E-state index contributed by atoms with van der Waals surface area (Å²) >= 11 is 3.61. The molecule has 1 aliphatic carbocycles. The molecule has 1 aliphatic rings. The van der Waals surface area contributed by atoms with Gasteiger partial charge in [0, 0.05) is 24.0 Å². The fourth-order valence-electron chi connectivity index (χ4n) is 2.12. The molecule has 0 aliphatic heterocycles. The maximum absolute atomic E-state index is 12.0. The molecule has 1 heterocycles. The highest BCUT2D eigenvalue weighted by molar-refractivity contribution is 9.09. The molecule has 100 valence electrons. The van der Waals surface area contributed by atoms with Crippen molar-refractivity contribution in [2.75, 3.05) is 7.11 Å². The average molecular weight is 317 g/mol. The highest BCUT2D eigenvalue weighted by Gasteiger charge is 2.25. The van der Waals surface area contributed by atoms with Gasteiger partial charge < -0.3 is 14.6 Å². The van der Waals surface area contributed by atoms with Crippen molar-refractivity contribution in [1.82, 2.24) is 10.5 Å². The lowest BCUT2D eigenvalue weighted by atomic mass is 9.95. The van der Waals surface area contributed by atoms with E-state index in [0.717, 1.165) is 19.3 Å². The minimum absolute atomic E-state index is 0.175. The number of nitrogens with one attached hydrogen (secondary N) is 1. The van der Waals surface area contributed by atoms with Gasteiger partial charge in [-0.3, -0.25) is 4.79 Å². The van der Waals surface area contributed by atoms with E-state index in [-0.39, 0.29) is 11.9 Å². The molecular formula is C12H17BrN2O3. The Morgan fingerprint density at radius 2 is 2.39 bits per heavy atom. The van der Waals surface area contributed by atoms with Crippen LogP contribution in [-0.4, -0.2) is 29.0 Å². The molecule has 0 radical (unpaired) electrons. The van der Waals surface area contributed by atoms with E-state index in [9.17, 15) is 4.79 Å². The van der Waals surface area contributed by atoms with Crippen LogP contribution >= 0.6 is 15.9 Å². The third-order valence-electron chi connectivity index (χ3n) is 3.08. The minimum atomic E-state index is -0.183. The van der Waals surface area contributed by atoms with Gasteiger partial charge in [-0.15, -0.1) is 0 Å². The number of methoxy groups -OCH3 is 1. The number of amides is 1. The Kier molecular flexibility index (Phi) is 4.77. The zero-order valence-corrected chi connectivity index (χ0v) is 11.9. The smallest absolute Gasteiger partial charge is 0.273 e. The predicted molar refractivity (Wildman–Crippen MR) is 69.7 cm³/mol. The van der Waals surface area contributed by atoms with Gasteiger partial charge in [0.15, 0.2) is 11.5 Å². The van der Waals surface area contributed by atoms with Gasteiger partial charge in [-0.2, -0.15) is 0 Å². The first kappa shape index (κ1) is 13.5. The Labute approximate surface area is 114 Å². The van der Waals surface area contributed by atoms with Crippen molar-refractivity contribution in [2.45, 2.75) is 43.2 Å². The summed E-state index contributed by atoms with van der Waals surface area (Å²) in [6, 6.07) is 1.79. The number of halogens is 1. The summed E-state index contributed by atoms with van der Waals surface area (Å²) < 4.78 is 9.91. The fourth-order valence-corrected chi connectivity index (χ4v) is 2.84. The van der Waals surface area contributed by atoms with Crippen LogP contribution in [0.4, 0.5) is 0 Å².